The molecule has 2 aromatic rings. The number of alkyl carbamates (subject to hydrolysis) is 1. The molecule has 0 heterocycles. The molecule has 0 bridgehead atoms. The number of benzene rings is 2. The van der Waals surface area contributed by atoms with Gasteiger partial charge >= 0.3 is 6.09 Å². The van der Waals surface area contributed by atoms with E-state index in [1.54, 1.807) is 53.5 Å². The van der Waals surface area contributed by atoms with Crippen molar-refractivity contribution < 1.29 is 29.3 Å². The van der Waals surface area contributed by atoms with Crippen molar-refractivity contribution in [3.05, 3.63) is 71.8 Å². The van der Waals surface area contributed by atoms with E-state index in [2.05, 4.69) is 5.32 Å². The number of hydrogen-bond donors (Lipinski definition) is 2. The van der Waals surface area contributed by atoms with Crippen LogP contribution < -0.4 is 10.4 Å². The van der Waals surface area contributed by atoms with Crippen LogP contribution in [0.25, 0.3) is 0 Å². The molecule has 2 rings (SSSR count). The topological polar surface area (TPSA) is 122 Å². The van der Waals surface area contributed by atoms with Gasteiger partial charge in [0.1, 0.15) is 11.7 Å². The Kier molecular flexibility index (Phi) is 11.7. The summed E-state index contributed by atoms with van der Waals surface area (Å²) in [6, 6.07) is 17.0. The lowest BCUT2D eigenvalue weighted by Crippen LogP contribution is -2.60. The van der Waals surface area contributed by atoms with Gasteiger partial charge in [0.05, 0.1) is 24.7 Å². The van der Waals surface area contributed by atoms with E-state index in [0.29, 0.717) is 6.42 Å². The highest BCUT2D eigenvalue weighted by atomic mass is 16.6. The third-order valence-corrected chi connectivity index (χ3v) is 6.26. The molecule has 0 aliphatic heterocycles. The molecule has 0 fully saturated rings. The number of aliphatic hydroxyl groups excluding tert-OH is 1. The molecule has 2 aromatic carbocycles. The fourth-order valence-corrected chi connectivity index (χ4v) is 4.55. The van der Waals surface area contributed by atoms with Crippen LogP contribution in [0, 0.1) is 0 Å². The van der Waals surface area contributed by atoms with Crippen molar-refractivity contribution in [2.45, 2.75) is 83.7 Å². The number of nitrogens with zero attached hydrogens (tertiary/aromatic N) is 2. The first-order chi connectivity index (χ1) is 18.6. The summed E-state index contributed by atoms with van der Waals surface area (Å²) in [5, 5.41) is 26.1. The van der Waals surface area contributed by atoms with Gasteiger partial charge in [-0.2, -0.15) is 0 Å². The highest BCUT2D eigenvalue weighted by Crippen LogP contribution is 2.21. The zero-order valence-corrected chi connectivity index (χ0v) is 24.7. The number of carbonyl (C=O) groups is 3. The molecule has 0 aliphatic rings. The minimum atomic E-state index is -1.42. The smallest absolute Gasteiger partial charge is 0.407 e. The lowest BCUT2D eigenvalue weighted by Gasteiger charge is -2.43. The normalized spacial score (nSPS) is 14.2. The van der Waals surface area contributed by atoms with Gasteiger partial charge in [0, 0.05) is 12.1 Å². The van der Waals surface area contributed by atoms with Gasteiger partial charge in [0.15, 0.2) is 5.78 Å². The number of aliphatic hydroxyl groups is 1. The number of carbonyl (C=O) groups excluding carboxylic acids is 3. The van der Waals surface area contributed by atoms with Gasteiger partial charge in [-0.05, 0) is 72.6 Å². The molecule has 0 radical (unpaired) electrons. The van der Waals surface area contributed by atoms with E-state index in [9.17, 15) is 24.6 Å². The zero-order valence-electron chi connectivity index (χ0n) is 24.7. The van der Waals surface area contributed by atoms with Gasteiger partial charge in [0.2, 0.25) is 0 Å². The number of ether oxygens (including phenoxy) is 1. The van der Waals surface area contributed by atoms with Crippen molar-refractivity contribution in [2.24, 2.45) is 0 Å². The largest absolute Gasteiger partial charge is 0.530 e. The first-order valence-corrected chi connectivity index (χ1v) is 13.5. The van der Waals surface area contributed by atoms with Gasteiger partial charge in [0.25, 0.3) is 0 Å². The minimum Gasteiger partial charge on any atom is -0.530 e. The number of hydrogen-bond acceptors (Lipinski definition) is 7. The van der Waals surface area contributed by atoms with Crippen LogP contribution in [-0.4, -0.2) is 82.3 Å². The Balaban J connectivity index is 2.20. The predicted octanol–water partition coefficient (Wildman–Crippen LogP) is 3.04. The summed E-state index contributed by atoms with van der Waals surface area (Å²) < 4.78 is 5.40. The van der Waals surface area contributed by atoms with E-state index in [1.165, 1.54) is 0 Å². The molecule has 2 amide bonds. The standard InChI is InChI=1S/C31H45N3O6/c1-30(2,3)34(29(38)39)25(19-23-16-12-9-13-17-23)27(36)21-33(7)20-26(35)24(18-22-14-10-8-11-15-22)32-28(37)40-31(4,5)6/h8-17,24-26,35H,18-21H2,1-7H3,(H,32,37)(H,38,39)/p-1/t24-,25-,26+/m0/s1. The first-order valence-electron chi connectivity index (χ1n) is 13.5. The monoisotopic (exact) mass is 554 g/mol. The molecule has 220 valence electrons. The molecule has 0 aliphatic carbocycles. The lowest BCUT2D eigenvalue weighted by atomic mass is 9.95. The van der Waals surface area contributed by atoms with Crippen molar-refractivity contribution in [2.75, 3.05) is 20.1 Å². The average Bonchev–Trinajstić information content (AvgIpc) is 2.82. The van der Waals surface area contributed by atoms with Gasteiger partial charge < -0.3 is 30.0 Å². The third kappa shape index (κ3) is 11.0. The van der Waals surface area contributed by atoms with Gasteiger partial charge in [-0.25, -0.2) is 4.79 Å². The first kappa shape index (κ1) is 32.8. The number of amides is 2. The van der Waals surface area contributed by atoms with Crippen LogP contribution in [0.2, 0.25) is 0 Å². The highest BCUT2D eigenvalue weighted by Gasteiger charge is 2.35. The van der Waals surface area contributed by atoms with Crippen LogP contribution >= 0.6 is 0 Å². The molecular formula is C31H44N3O6-. The molecule has 40 heavy (non-hydrogen) atoms. The van der Waals surface area contributed by atoms with E-state index >= 15 is 0 Å². The molecule has 0 unspecified atom stereocenters. The maximum absolute atomic E-state index is 13.6. The summed E-state index contributed by atoms with van der Waals surface area (Å²) >= 11 is 0. The molecule has 3 atom stereocenters. The zero-order chi connectivity index (χ0) is 30.1. The van der Waals surface area contributed by atoms with Crippen molar-refractivity contribution in [3.8, 4) is 0 Å². The summed E-state index contributed by atoms with van der Waals surface area (Å²) in [5.74, 6) is -0.322. The third-order valence-electron chi connectivity index (χ3n) is 6.26. The van der Waals surface area contributed by atoms with Crippen molar-refractivity contribution in [1.82, 2.24) is 15.1 Å². The van der Waals surface area contributed by atoms with Crippen LogP contribution in [0.15, 0.2) is 60.7 Å². The van der Waals surface area contributed by atoms with E-state index in [1.807, 2.05) is 60.7 Å². The Hall–Kier alpha value is -3.43. The quantitative estimate of drug-likeness (QED) is 0.414. The number of Topliss-reactive ketones (excluding diaryl/α,β-unsaturated/α-hetero) is 1. The van der Waals surface area contributed by atoms with Crippen LogP contribution in [-0.2, 0) is 22.4 Å². The molecule has 0 saturated carbocycles. The summed E-state index contributed by atoms with van der Waals surface area (Å²) in [7, 11) is 1.67. The number of nitrogens with one attached hydrogen (secondary N) is 1. The Labute approximate surface area is 238 Å². The van der Waals surface area contributed by atoms with E-state index in [-0.39, 0.29) is 25.3 Å². The molecule has 0 aromatic heterocycles. The number of ketones is 1. The number of rotatable bonds is 12. The fraction of sp³-hybridized carbons (Fsp3) is 0.516. The van der Waals surface area contributed by atoms with Crippen molar-refractivity contribution >= 4 is 18.0 Å². The summed E-state index contributed by atoms with van der Waals surface area (Å²) in [6.07, 6.45) is -2.57. The predicted molar refractivity (Wildman–Crippen MR) is 153 cm³/mol. The van der Waals surface area contributed by atoms with Gasteiger partial charge in [-0.15, -0.1) is 0 Å². The summed E-state index contributed by atoms with van der Waals surface area (Å²) in [5.41, 5.74) is 0.160. The van der Waals surface area contributed by atoms with Crippen LogP contribution in [0.4, 0.5) is 9.59 Å². The van der Waals surface area contributed by atoms with Crippen molar-refractivity contribution in [1.29, 1.82) is 0 Å². The van der Waals surface area contributed by atoms with Gasteiger partial charge in [-0.3, -0.25) is 9.69 Å². The maximum Gasteiger partial charge on any atom is 0.407 e. The summed E-state index contributed by atoms with van der Waals surface area (Å²) in [6.45, 7) is 10.4. The average molecular weight is 555 g/mol. The number of likely N-dealkylation sites (N-methyl/N-ethyl adjacent to an activating group) is 1. The molecule has 0 spiro atoms. The molecular weight excluding hydrogens is 510 g/mol. The second-order valence-corrected chi connectivity index (χ2v) is 12.2. The molecule has 0 saturated heterocycles. The second-order valence-electron chi connectivity index (χ2n) is 12.2. The lowest BCUT2D eigenvalue weighted by molar-refractivity contribution is -0.273. The SMILES string of the molecule is CN(CC(=O)[C@H](Cc1ccccc1)N(C(=O)[O-])C(C)(C)C)C[C@@H](O)[C@H](Cc1ccccc1)NC(=O)OC(C)(C)C. The Morgan fingerprint density at radius 3 is 1.85 bits per heavy atom. The Bertz CT molecular complexity index is 1100. The Morgan fingerprint density at radius 2 is 1.40 bits per heavy atom. The van der Waals surface area contributed by atoms with Gasteiger partial charge in [-0.1, -0.05) is 60.7 Å². The fourth-order valence-electron chi connectivity index (χ4n) is 4.55. The van der Waals surface area contributed by atoms with E-state index in [0.717, 1.165) is 16.0 Å². The summed E-state index contributed by atoms with van der Waals surface area (Å²) in [4.78, 5) is 41.0. The van der Waals surface area contributed by atoms with E-state index < -0.39 is 41.5 Å². The molecule has 9 heteroatoms. The highest BCUT2D eigenvalue weighted by molar-refractivity contribution is 5.89. The van der Waals surface area contributed by atoms with Crippen LogP contribution in [0.1, 0.15) is 52.7 Å². The Morgan fingerprint density at radius 1 is 0.900 bits per heavy atom. The minimum absolute atomic E-state index is 0.0535. The maximum atomic E-state index is 13.6. The van der Waals surface area contributed by atoms with Crippen LogP contribution in [0.5, 0.6) is 0 Å². The number of carboxylic acid groups (broad SMARTS) is 1. The van der Waals surface area contributed by atoms with E-state index in [4.69, 9.17) is 4.74 Å². The second kappa shape index (κ2) is 14.3. The van der Waals surface area contributed by atoms with Crippen LogP contribution in [0.3, 0.4) is 0 Å². The molecule has 2 N–H and O–H groups in total. The molecule has 9 nitrogen and oxygen atoms in total. The van der Waals surface area contributed by atoms with Crippen molar-refractivity contribution in [3.63, 3.8) is 0 Å².